The summed E-state index contributed by atoms with van der Waals surface area (Å²) in [5.41, 5.74) is 2.15. The van der Waals surface area contributed by atoms with Crippen LogP contribution in [0.1, 0.15) is 46.1 Å². The fourth-order valence-corrected chi connectivity index (χ4v) is 5.43. The minimum atomic E-state index is -4.77. The lowest BCUT2D eigenvalue weighted by Crippen LogP contribution is -2.33. The van der Waals surface area contributed by atoms with Gasteiger partial charge in [0.1, 0.15) is 18.0 Å². The quantitative estimate of drug-likeness (QED) is 0.321. The van der Waals surface area contributed by atoms with Crippen molar-refractivity contribution < 1.29 is 37.0 Å². The van der Waals surface area contributed by atoms with Crippen molar-refractivity contribution in [3.63, 3.8) is 0 Å². The second kappa shape index (κ2) is 11.6. The van der Waals surface area contributed by atoms with E-state index in [0.29, 0.717) is 28.8 Å². The monoisotopic (exact) mass is 562 g/mol. The highest BCUT2D eigenvalue weighted by atomic mass is 19.4. The molecule has 1 fully saturated rings. The second-order valence-electron chi connectivity index (χ2n) is 10.9. The third kappa shape index (κ3) is 7.57. The predicted octanol–water partition coefficient (Wildman–Crippen LogP) is 5.73. The predicted molar refractivity (Wildman–Crippen MR) is 142 cm³/mol. The fraction of sp³-hybridized carbons (Fsp3) is 0.464. The van der Waals surface area contributed by atoms with Crippen molar-refractivity contribution in [2.45, 2.75) is 52.4 Å². The van der Waals surface area contributed by atoms with E-state index in [1.165, 1.54) is 31.4 Å². The van der Waals surface area contributed by atoms with Gasteiger partial charge in [-0.15, -0.1) is 13.2 Å². The van der Waals surface area contributed by atoms with Crippen LogP contribution in [0.3, 0.4) is 0 Å². The van der Waals surface area contributed by atoms with E-state index >= 15 is 0 Å². The molecule has 2 atom stereocenters. The molecule has 3 aromatic rings. The summed E-state index contributed by atoms with van der Waals surface area (Å²) in [4.78, 5) is 28.0. The van der Waals surface area contributed by atoms with Crippen molar-refractivity contribution in [1.82, 2.24) is 14.9 Å². The highest BCUT2D eigenvalue weighted by Crippen LogP contribution is 2.46. The van der Waals surface area contributed by atoms with Crippen LogP contribution in [0.2, 0.25) is 0 Å². The summed E-state index contributed by atoms with van der Waals surface area (Å²) in [7, 11) is 1.23. The first-order chi connectivity index (χ1) is 18.8. The smallest absolute Gasteiger partial charge is 0.484 e. The second-order valence-corrected chi connectivity index (χ2v) is 10.9. The molecule has 0 aliphatic heterocycles. The molecular formula is C28H33F3N4O5. The van der Waals surface area contributed by atoms with Crippen molar-refractivity contribution >= 4 is 34.5 Å². The zero-order valence-electron chi connectivity index (χ0n) is 22.8. The first-order valence-electron chi connectivity index (χ1n) is 12.9. The summed E-state index contributed by atoms with van der Waals surface area (Å²) in [6.45, 7) is 6.18. The molecule has 1 aliphatic rings. The Morgan fingerprint density at radius 3 is 2.45 bits per heavy atom. The van der Waals surface area contributed by atoms with Gasteiger partial charge >= 0.3 is 12.3 Å². The van der Waals surface area contributed by atoms with Crippen LogP contribution in [0.25, 0.3) is 11.0 Å². The van der Waals surface area contributed by atoms with Crippen LogP contribution >= 0.6 is 0 Å². The molecule has 9 nitrogen and oxygen atoms in total. The molecule has 0 bridgehead atoms. The van der Waals surface area contributed by atoms with Crippen LogP contribution in [0.5, 0.6) is 11.5 Å². The number of amides is 1. The summed E-state index contributed by atoms with van der Waals surface area (Å²) in [6.07, 6.45) is -1.79. The summed E-state index contributed by atoms with van der Waals surface area (Å²) >= 11 is 0. The lowest BCUT2D eigenvalue weighted by Gasteiger charge is -2.40. The Kier molecular flexibility index (Phi) is 8.45. The van der Waals surface area contributed by atoms with Crippen LogP contribution < -0.4 is 20.1 Å². The number of carbonyl (C=O) groups is 2. The van der Waals surface area contributed by atoms with E-state index in [0.717, 1.165) is 24.8 Å². The Hall–Kier alpha value is -3.96. The Labute approximate surface area is 230 Å². The lowest BCUT2D eigenvalue weighted by molar-refractivity contribution is -0.274. The van der Waals surface area contributed by atoms with Gasteiger partial charge in [0, 0.05) is 17.8 Å². The average Bonchev–Trinajstić information content (AvgIpc) is 3.22. The number of hydrogen-bond donors (Lipinski definition) is 2. The minimum absolute atomic E-state index is 0.118. The van der Waals surface area contributed by atoms with Crippen molar-refractivity contribution in [3.8, 4) is 11.5 Å². The summed E-state index contributed by atoms with van der Waals surface area (Å²) in [5, 5.41) is 5.67. The number of alkyl halides is 3. The number of ether oxygens (including phenoxy) is 3. The van der Waals surface area contributed by atoms with Crippen molar-refractivity contribution in [2.24, 2.45) is 11.3 Å². The lowest BCUT2D eigenvalue weighted by atomic mass is 9.70. The number of methoxy groups -OCH3 is 1. The third-order valence-corrected chi connectivity index (χ3v) is 6.76. The van der Waals surface area contributed by atoms with Gasteiger partial charge in [-0.05, 0) is 67.0 Å². The topological polar surface area (TPSA) is 104 Å². The van der Waals surface area contributed by atoms with E-state index in [2.05, 4.69) is 45.4 Å². The standard InChI is InChI=1S/C28H33F3N4O5/c1-17-11-19(14-27(2,3)13-17)35-23-10-9-21(39-16-24(36)32-15-25(37)38-4)12-22(23)34-26(35)33-18-5-7-20(8-6-18)40-28(29,30)31/h5-10,12,17,19H,11,13-16H2,1-4H3,(H,32,36)(H,33,34). The number of aromatic nitrogens is 2. The molecule has 40 heavy (non-hydrogen) atoms. The van der Waals surface area contributed by atoms with E-state index in [-0.39, 0.29) is 30.4 Å². The number of carbonyl (C=O) groups excluding carboxylic acids is 2. The number of nitrogens with one attached hydrogen (secondary N) is 2. The molecule has 216 valence electrons. The van der Waals surface area contributed by atoms with Crippen LogP contribution in [0.4, 0.5) is 24.8 Å². The molecule has 2 aromatic carbocycles. The molecule has 1 heterocycles. The molecule has 1 saturated carbocycles. The summed E-state index contributed by atoms with van der Waals surface area (Å²) < 4.78 is 54.0. The van der Waals surface area contributed by atoms with Crippen LogP contribution in [-0.2, 0) is 14.3 Å². The average molecular weight is 563 g/mol. The van der Waals surface area contributed by atoms with Gasteiger partial charge in [0.2, 0.25) is 5.95 Å². The molecule has 12 heteroatoms. The van der Waals surface area contributed by atoms with E-state index in [1.54, 1.807) is 12.1 Å². The molecule has 0 radical (unpaired) electrons. The fourth-order valence-electron chi connectivity index (χ4n) is 5.43. The number of benzene rings is 2. The highest BCUT2D eigenvalue weighted by Gasteiger charge is 2.35. The van der Waals surface area contributed by atoms with Crippen molar-refractivity contribution in [3.05, 3.63) is 42.5 Å². The molecular weight excluding hydrogens is 529 g/mol. The number of hydrogen-bond acceptors (Lipinski definition) is 7. The van der Waals surface area contributed by atoms with Crippen LogP contribution in [0.15, 0.2) is 42.5 Å². The molecule has 2 unspecified atom stereocenters. The Morgan fingerprint density at radius 1 is 1.10 bits per heavy atom. The van der Waals surface area contributed by atoms with Gasteiger partial charge in [0.15, 0.2) is 6.61 Å². The highest BCUT2D eigenvalue weighted by molar-refractivity contribution is 5.84. The van der Waals surface area contributed by atoms with E-state index in [1.807, 2.05) is 6.07 Å². The summed E-state index contributed by atoms with van der Waals surface area (Å²) in [6, 6.07) is 11.0. The van der Waals surface area contributed by atoms with Gasteiger partial charge in [-0.3, -0.25) is 9.59 Å². The molecule has 0 spiro atoms. The number of halogens is 3. The van der Waals surface area contributed by atoms with Gasteiger partial charge in [-0.2, -0.15) is 0 Å². The summed E-state index contributed by atoms with van der Waals surface area (Å²) in [5.74, 6) is 0.0962. The number of nitrogens with zero attached hydrogens (tertiary/aromatic N) is 2. The third-order valence-electron chi connectivity index (χ3n) is 6.76. The SMILES string of the molecule is COC(=O)CNC(=O)COc1ccc2c(c1)nc(Nc1ccc(OC(F)(F)F)cc1)n2C1CC(C)CC(C)(C)C1. The zero-order chi connectivity index (χ0) is 29.1. The maximum atomic E-state index is 12.6. The van der Waals surface area contributed by atoms with Gasteiger partial charge in [0.25, 0.3) is 5.91 Å². The van der Waals surface area contributed by atoms with Gasteiger partial charge in [-0.25, -0.2) is 4.98 Å². The van der Waals surface area contributed by atoms with Gasteiger partial charge in [-0.1, -0.05) is 20.8 Å². The Bertz CT molecular complexity index is 1350. The molecule has 1 aromatic heterocycles. The van der Waals surface area contributed by atoms with Crippen molar-refractivity contribution in [2.75, 3.05) is 25.6 Å². The normalized spacial score (nSPS) is 18.7. The van der Waals surface area contributed by atoms with Crippen LogP contribution in [0, 0.1) is 11.3 Å². The van der Waals surface area contributed by atoms with Crippen LogP contribution in [-0.4, -0.2) is 48.1 Å². The minimum Gasteiger partial charge on any atom is -0.484 e. The molecule has 1 amide bonds. The number of anilines is 2. The first-order valence-corrected chi connectivity index (χ1v) is 12.9. The van der Waals surface area contributed by atoms with Gasteiger partial charge < -0.3 is 29.4 Å². The first kappa shape index (κ1) is 29.0. The zero-order valence-corrected chi connectivity index (χ0v) is 22.8. The number of imidazole rings is 1. The molecule has 1 aliphatic carbocycles. The van der Waals surface area contributed by atoms with E-state index in [9.17, 15) is 22.8 Å². The van der Waals surface area contributed by atoms with E-state index in [4.69, 9.17) is 9.72 Å². The largest absolute Gasteiger partial charge is 0.573 e. The van der Waals surface area contributed by atoms with Crippen molar-refractivity contribution in [1.29, 1.82) is 0 Å². The molecule has 4 rings (SSSR count). The maximum Gasteiger partial charge on any atom is 0.573 e. The number of esters is 1. The number of rotatable bonds is 9. The number of fused-ring (bicyclic) bond motifs is 1. The molecule has 2 N–H and O–H groups in total. The maximum absolute atomic E-state index is 12.6. The molecule has 0 saturated heterocycles. The Balaban J connectivity index is 1.60. The van der Waals surface area contributed by atoms with E-state index < -0.39 is 18.2 Å². The van der Waals surface area contributed by atoms with Gasteiger partial charge in [0.05, 0.1) is 18.1 Å². The Morgan fingerprint density at radius 2 is 1.80 bits per heavy atom.